The van der Waals surface area contributed by atoms with E-state index in [2.05, 4.69) is 12.2 Å². The molecule has 0 fully saturated rings. The largest absolute Gasteiger partial charge is 0.394 e. The lowest BCUT2D eigenvalue weighted by molar-refractivity contribution is 0.282. The maximum Gasteiger partial charge on any atom is 0.152 e. The van der Waals surface area contributed by atoms with Crippen LogP contribution in [0.5, 0.6) is 0 Å². The van der Waals surface area contributed by atoms with Crippen molar-refractivity contribution in [3.63, 3.8) is 0 Å². The third-order valence-electron chi connectivity index (χ3n) is 3.63. The Kier molecular flexibility index (Phi) is 9.16. The Hall–Kier alpha value is -1.07. The van der Waals surface area contributed by atoms with E-state index in [1.54, 1.807) is 0 Å². The van der Waals surface area contributed by atoms with Crippen LogP contribution < -0.4 is 5.32 Å². The molecule has 1 rings (SSSR count). The fourth-order valence-electron chi connectivity index (χ4n) is 2.40. The van der Waals surface area contributed by atoms with Crippen molar-refractivity contribution in [2.75, 3.05) is 23.4 Å². The molecule has 0 heterocycles. The molecule has 0 spiro atoms. The summed E-state index contributed by atoms with van der Waals surface area (Å²) in [5, 5.41) is 12.5. The van der Waals surface area contributed by atoms with Crippen LogP contribution in [-0.2, 0) is 9.84 Å². The van der Waals surface area contributed by atoms with Crippen molar-refractivity contribution in [1.82, 2.24) is 0 Å². The molecule has 0 radical (unpaired) electrons. The van der Waals surface area contributed by atoms with E-state index >= 15 is 0 Å². The third kappa shape index (κ3) is 8.39. The fraction of sp³-hybridized carbons (Fsp3) is 0.647. The highest BCUT2D eigenvalue weighted by molar-refractivity contribution is 7.91. The van der Waals surface area contributed by atoms with Crippen LogP contribution in [0.25, 0.3) is 0 Å². The number of hydrogen-bond donors (Lipinski definition) is 2. The first-order valence-electron chi connectivity index (χ1n) is 8.20. The predicted molar refractivity (Wildman–Crippen MR) is 93.0 cm³/mol. The maximum atomic E-state index is 12.1. The van der Waals surface area contributed by atoms with Crippen molar-refractivity contribution >= 4 is 15.5 Å². The molecule has 0 aliphatic rings. The zero-order chi connectivity index (χ0) is 16.3. The Morgan fingerprint density at radius 3 is 2.32 bits per heavy atom. The van der Waals surface area contributed by atoms with Crippen molar-refractivity contribution in [3.05, 3.63) is 30.3 Å². The number of sulfone groups is 1. The number of aliphatic hydroxyl groups excluding tert-OH is 1. The number of para-hydroxylation sites is 1. The molecular weight excluding hydrogens is 298 g/mol. The van der Waals surface area contributed by atoms with Crippen molar-refractivity contribution in [1.29, 1.82) is 0 Å². The van der Waals surface area contributed by atoms with Gasteiger partial charge in [0.25, 0.3) is 0 Å². The Morgan fingerprint density at radius 2 is 1.68 bits per heavy atom. The number of anilines is 1. The lowest BCUT2D eigenvalue weighted by Gasteiger charge is -2.17. The summed E-state index contributed by atoms with van der Waals surface area (Å²) in [5.41, 5.74) is 0.830. The molecule has 0 saturated heterocycles. The molecule has 5 heteroatoms. The molecule has 0 saturated carbocycles. The molecule has 22 heavy (non-hydrogen) atoms. The van der Waals surface area contributed by atoms with E-state index in [1.807, 2.05) is 30.3 Å². The molecule has 0 amide bonds. The predicted octanol–water partition coefficient (Wildman–Crippen LogP) is 3.23. The Bertz CT molecular complexity index is 488. The highest BCUT2D eigenvalue weighted by Gasteiger charge is 2.18. The average Bonchev–Trinajstić information content (AvgIpc) is 2.51. The number of aliphatic hydroxyl groups is 1. The minimum Gasteiger partial charge on any atom is -0.394 e. The molecule has 1 unspecified atom stereocenters. The molecule has 1 aromatic carbocycles. The SMILES string of the molecule is CCCCCCCCS(=O)(=O)CC(CO)Nc1ccccc1. The molecule has 0 aromatic heterocycles. The minimum absolute atomic E-state index is 0.0205. The summed E-state index contributed by atoms with van der Waals surface area (Å²) in [5.74, 6) is 0.194. The summed E-state index contributed by atoms with van der Waals surface area (Å²) >= 11 is 0. The smallest absolute Gasteiger partial charge is 0.152 e. The number of benzene rings is 1. The zero-order valence-electron chi connectivity index (χ0n) is 13.5. The summed E-state index contributed by atoms with van der Waals surface area (Å²) < 4.78 is 24.3. The van der Waals surface area contributed by atoms with Gasteiger partial charge in [-0.2, -0.15) is 0 Å². The summed E-state index contributed by atoms with van der Waals surface area (Å²) in [6.07, 6.45) is 6.40. The highest BCUT2D eigenvalue weighted by atomic mass is 32.2. The Morgan fingerprint density at radius 1 is 1.05 bits per heavy atom. The minimum atomic E-state index is -3.13. The highest BCUT2D eigenvalue weighted by Crippen LogP contribution is 2.10. The number of hydrogen-bond acceptors (Lipinski definition) is 4. The number of rotatable bonds is 12. The normalized spacial score (nSPS) is 13.0. The van der Waals surface area contributed by atoms with Crippen LogP contribution in [0.2, 0.25) is 0 Å². The first kappa shape index (κ1) is 19.0. The van der Waals surface area contributed by atoms with E-state index in [1.165, 1.54) is 19.3 Å². The second-order valence-electron chi connectivity index (χ2n) is 5.77. The van der Waals surface area contributed by atoms with Gasteiger partial charge in [0.05, 0.1) is 24.2 Å². The summed E-state index contributed by atoms with van der Waals surface area (Å²) in [6, 6.07) is 8.93. The van der Waals surface area contributed by atoms with Crippen LogP contribution in [0.1, 0.15) is 45.4 Å². The molecule has 126 valence electrons. The van der Waals surface area contributed by atoms with Crippen LogP contribution >= 0.6 is 0 Å². The molecule has 1 atom stereocenters. The van der Waals surface area contributed by atoms with E-state index in [9.17, 15) is 13.5 Å². The zero-order valence-corrected chi connectivity index (χ0v) is 14.3. The lowest BCUT2D eigenvalue weighted by Crippen LogP contribution is -2.33. The second kappa shape index (κ2) is 10.6. The number of unbranched alkanes of at least 4 members (excludes halogenated alkanes) is 5. The third-order valence-corrected chi connectivity index (χ3v) is 5.45. The van der Waals surface area contributed by atoms with Gasteiger partial charge in [0, 0.05) is 5.69 Å². The maximum absolute atomic E-state index is 12.1. The summed E-state index contributed by atoms with van der Waals surface area (Å²) in [6.45, 7) is 1.98. The molecule has 4 nitrogen and oxygen atoms in total. The topological polar surface area (TPSA) is 66.4 Å². The van der Waals surface area contributed by atoms with Gasteiger partial charge in [0.15, 0.2) is 9.84 Å². The van der Waals surface area contributed by atoms with Crippen molar-refractivity contribution in [2.45, 2.75) is 51.5 Å². The molecule has 1 aromatic rings. The van der Waals surface area contributed by atoms with E-state index in [0.29, 0.717) is 0 Å². The van der Waals surface area contributed by atoms with Gasteiger partial charge in [-0.3, -0.25) is 0 Å². The summed E-state index contributed by atoms with van der Waals surface area (Å²) in [7, 11) is -3.13. The van der Waals surface area contributed by atoms with Gasteiger partial charge in [-0.25, -0.2) is 8.42 Å². The van der Waals surface area contributed by atoms with Crippen LogP contribution in [0.3, 0.4) is 0 Å². The molecule has 0 bridgehead atoms. The van der Waals surface area contributed by atoms with Gasteiger partial charge in [0.2, 0.25) is 0 Å². The van der Waals surface area contributed by atoms with Gasteiger partial charge in [-0.1, -0.05) is 57.2 Å². The van der Waals surface area contributed by atoms with Gasteiger partial charge < -0.3 is 10.4 Å². The van der Waals surface area contributed by atoms with E-state index in [-0.39, 0.29) is 18.1 Å². The van der Waals surface area contributed by atoms with Crippen LogP contribution in [-0.4, -0.2) is 37.7 Å². The molecular formula is C17H29NO3S. The van der Waals surface area contributed by atoms with Crippen molar-refractivity contribution in [2.24, 2.45) is 0 Å². The van der Waals surface area contributed by atoms with Crippen LogP contribution in [0.15, 0.2) is 30.3 Å². The van der Waals surface area contributed by atoms with Crippen LogP contribution in [0, 0.1) is 0 Å². The monoisotopic (exact) mass is 327 g/mol. The van der Waals surface area contributed by atoms with Crippen molar-refractivity contribution in [3.8, 4) is 0 Å². The van der Waals surface area contributed by atoms with Gasteiger partial charge in [-0.05, 0) is 18.6 Å². The first-order valence-corrected chi connectivity index (χ1v) is 10.0. The fourth-order valence-corrected chi connectivity index (χ4v) is 4.01. The summed E-state index contributed by atoms with van der Waals surface area (Å²) in [4.78, 5) is 0. The Balaban J connectivity index is 2.34. The van der Waals surface area contributed by atoms with Gasteiger partial charge >= 0.3 is 0 Å². The van der Waals surface area contributed by atoms with Gasteiger partial charge in [0.1, 0.15) is 0 Å². The van der Waals surface area contributed by atoms with E-state index in [4.69, 9.17) is 0 Å². The molecule has 0 aliphatic heterocycles. The second-order valence-corrected chi connectivity index (χ2v) is 8.00. The van der Waals surface area contributed by atoms with Gasteiger partial charge in [-0.15, -0.1) is 0 Å². The first-order chi connectivity index (χ1) is 10.6. The van der Waals surface area contributed by atoms with Crippen LogP contribution in [0.4, 0.5) is 5.69 Å². The number of nitrogens with one attached hydrogen (secondary N) is 1. The quantitative estimate of drug-likeness (QED) is 0.578. The molecule has 2 N–H and O–H groups in total. The van der Waals surface area contributed by atoms with E-state index in [0.717, 1.165) is 24.9 Å². The standard InChI is InChI=1S/C17H29NO3S/c1-2-3-4-5-6-10-13-22(20,21)15-17(14-19)18-16-11-8-7-9-12-16/h7-9,11-12,17-19H,2-6,10,13-15H2,1H3. The van der Waals surface area contributed by atoms with E-state index < -0.39 is 15.9 Å². The molecule has 0 aliphatic carbocycles. The van der Waals surface area contributed by atoms with Crippen molar-refractivity contribution < 1.29 is 13.5 Å². The Labute approximate surface area is 134 Å². The average molecular weight is 327 g/mol. The lowest BCUT2D eigenvalue weighted by atomic mass is 10.1.